The van der Waals surface area contributed by atoms with Crippen LogP contribution in [-0.4, -0.2) is 87.4 Å². The molecule has 0 aliphatic rings. The lowest BCUT2D eigenvalue weighted by Gasteiger charge is -2.25. The zero-order valence-corrected chi connectivity index (χ0v) is 34.7. The lowest BCUT2D eigenvalue weighted by molar-refractivity contribution is -0.870. The van der Waals surface area contributed by atoms with E-state index in [0.29, 0.717) is 17.4 Å². The van der Waals surface area contributed by atoms with Crippen molar-refractivity contribution in [1.82, 2.24) is 0 Å². The van der Waals surface area contributed by atoms with Crippen LogP contribution in [0.3, 0.4) is 0 Å². The monoisotopic (exact) mass is 743 g/mol. The minimum Gasteiger partial charge on any atom is -0.477 e. The summed E-state index contributed by atoms with van der Waals surface area (Å²) in [6, 6.07) is 0. The SMILES string of the molecule is CCCCCCCCCCCCCCCCCC(=O)OC(COC(=O)CCCCCCCCCCCCCC)COC(OCC[N+](C)(C)C)C(=O)O. The highest BCUT2D eigenvalue weighted by molar-refractivity contribution is 5.71. The molecule has 0 heterocycles. The van der Waals surface area contributed by atoms with E-state index in [0.717, 1.165) is 38.5 Å². The quantitative estimate of drug-likeness (QED) is 0.0286. The van der Waals surface area contributed by atoms with Gasteiger partial charge in [0.15, 0.2) is 6.10 Å². The molecular formula is C43H84NO8+. The number of carbonyl (C=O) groups excluding carboxylic acids is 2. The number of hydrogen-bond acceptors (Lipinski definition) is 7. The summed E-state index contributed by atoms with van der Waals surface area (Å²) >= 11 is 0. The Morgan fingerprint density at radius 2 is 0.865 bits per heavy atom. The first kappa shape index (κ1) is 50.3. The Bertz CT molecular complexity index is 830. The van der Waals surface area contributed by atoms with E-state index in [1.54, 1.807) is 0 Å². The number of quaternary nitrogens is 1. The van der Waals surface area contributed by atoms with Crippen molar-refractivity contribution in [2.75, 3.05) is 47.5 Å². The van der Waals surface area contributed by atoms with E-state index in [1.165, 1.54) is 135 Å². The smallest absolute Gasteiger partial charge is 0.361 e. The molecule has 9 heteroatoms. The molecule has 0 aromatic heterocycles. The van der Waals surface area contributed by atoms with Gasteiger partial charge in [0.1, 0.15) is 13.2 Å². The second kappa shape index (κ2) is 36.3. The molecule has 1 N–H and O–H groups in total. The Labute approximate surface area is 320 Å². The van der Waals surface area contributed by atoms with Crippen molar-refractivity contribution in [1.29, 1.82) is 0 Å². The predicted molar refractivity (Wildman–Crippen MR) is 212 cm³/mol. The van der Waals surface area contributed by atoms with E-state index < -0.39 is 24.3 Å². The first-order valence-corrected chi connectivity index (χ1v) is 21.7. The number of unbranched alkanes of at least 4 members (excludes halogenated alkanes) is 25. The largest absolute Gasteiger partial charge is 0.477 e. The second-order valence-corrected chi connectivity index (χ2v) is 16.0. The number of aliphatic carboxylic acids is 1. The fourth-order valence-electron chi connectivity index (χ4n) is 6.19. The highest BCUT2D eigenvalue weighted by Crippen LogP contribution is 2.15. The molecule has 0 aromatic rings. The Balaban J connectivity index is 4.43. The van der Waals surface area contributed by atoms with Crippen LogP contribution in [0.15, 0.2) is 0 Å². The molecule has 0 spiro atoms. The third kappa shape index (κ3) is 36.6. The number of rotatable bonds is 40. The topological polar surface area (TPSA) is 108 Å². The van der Waals surface area contributed by atoms with Gasteiger partial charge in [0.2, 0.25) is 0 Å². The highest BCUT2D eigenvalue weighted by Gasteiger charge is 2.25. The molecule has 9 nitrogen and oxygen atoms in total. The molecule has 2 atom stereocenters. The maximum Gasteiger partial charge on any atom is 0.361 e. The summed E-state index contributed by atoms with van der Waals surface area (Å²) in [5.41, 5.74) is 0. The van der Waals surface area contributed by atoms with Gasteiger partial charge in [-0.3, -0.25) is 9.59 Å². The van der Waals surface area contributed by atoms with Crippen LogP contribution in [0.2, 0.25) is 0 Å². The van der Waals surface area contributed by atoms with Crippen LogP contribution in [0.1, 0.15) is 200 Å². The molecular weight excluding hydrogens is 658 g/mol. The Kier molecular flexibility index (Phi) is 35.1. The van der Waals surface area contributed by atoms with Crippen LogP contribution in [0.5, 0.6) is 0 Å². The highest BCUT2D eigenvalue weighted by atomic mass is 16.7. The molecule has 0 bridgehead atoms. The fourth-order valence-corrected chi connectivity index (χ4v) is 6.19. The van der Waals surface area contributed by atoms with Gasteiger partial charge in [-0.25, -0.2) is 4.79 Å². The summed E-state index contributed by atoms with van der Waals surface area (Å²) in [5, 5.41) is 9.61. The van der Waals surface area contributed by atoms with Gasteiger partial charge in [0, 0.05) is 12.8 Å². The molecule has 2 unspecified atom stereocenters. The van der Waals surface area contributed by atoms with Crippen molar-refractivity contribution < 1.29 is 42.9 Å². The van der Waals surface area contributed by atoms with Crippen molar-refractivity contribution in [3.8, 4) is 0 Å². The minimum absolute atomic E-state index is 0.174. The molecule has 0 saturated carbocycles. The molecule has 52 heavy (non-hydrogen) atoms. The first-order chi connectivity index (χ1) is 25.1. The van der Waals surface area contributed by atoms with Crippen molar-refractivity contribution in [2.24, 2.45) is 0 Å². The zero-order chi connectivity index (χ0) is 38.5. The van der Waals surface area contributed by atoms with Crippen molar-refractivity contribution in [3.63, 3.8) is 0 Å². The summed E-state index contributed by atoms with van der Waals surface area (Å²) in [5.74, 6) is -1.99. The van der Waals surface area contributed by atoms with Gasteiger partial charge in [-0.1, -0.05) is 174 Å². The van der Waals surface area contributed by atoms with Crippen molar-refractivity contribution in [3.05, 3.63) is 0 Å². The summed E-state index contributed by atoms with van der Waals surface area (Å²) in [6.07, 6.45) is 31.5. The van der Waals surface area contributed by atoms with Crippen LogP contribution in [-0.2, 0) is 33.3 Å². The summed E-state index contributed by atoms with van der Waals surface area (Å²) in [4.78, 5) is 37.0. The third-order valence-electron chi connectivity index (χ3n) is 9.61. The van der Waals surface area contributed by atoms with Gasteiger partial charge in [0.25, 0.3) is 6.29 Å². The maximum absolute atomic E-state index is 12.7. The second-order valence-electron chi connectivity index (χ2n) is 16.0. The number of nitrogens with zero attached hydrogens (tertiary/aromatic N) is 1. The number of carboxylic acids is 1. The van der Waals surface area contributed by atoms with Gasteiger partial charge in [-0.2, -0.15) is 0 Å². The molecule has 308 valence electrons. The minimum atomic E-state index is -1.50. The van der Waals surface area contributed by atoms with E-state index in [4.69, 9.17) is 18.9 Å². The fraction of sp³-hybridized carbons (Fsp3) is 0.930. The molecule has 0 amide bonds. The normalized spacial score (nSPS) is 12.9. The third-order valence-corrected chi connectivity index (χ3v) is 9.61. The van der Waals surface area contributed by atoms with Gasteiger partial charge in [0.05, 0.1) is 34.4 Å². The number of ether oxygens (including phenoxy) is 4. The number of likely N-dealkylation sites (N-methyl/N-ethyl adjacent to an activating group) is 1. The average molecular weight is 743 g/mol. The molecule has 0 fully saturated rings. The summed E-state index contributed by atoms with van der Waals surface area (Å²) < 4.78 is 22.7. The summed E-state index contributed by atoms with van der Waals surface area (Å²) in [6.45, 7) is 4.89. The van der Waals surface area contributed by atoms with Crippen LogP contribution in [0, 0.1) is 0 Å². The molecule has 0 aliphatic heterocycles. The number of carboxylic acid groups (broad SMARTS) is 1. The molecule has 0 rings (SSSR count). The molecule has 0 radical (unpaired) electrons. The van der Waals surface area contributed by atoms with Crippen molar-refractivity contribution in [2.45, 2.75) is 212 Å². The average Bonchev–Trinajstić information content (AvgIpc) is 3.09. The van der Waals surface area contributed by atoms with Crippen LogP contribution >= 0.6 is 0 Å². The Hall–Kier alpha value is -1.71. The van der Waals surface area contributed by atoms with Crippen LogP contribution in [0.4, 0.5) is 0 Å². The Morgan fingerprint density at radius 1 is 0.500 bits per heavy atom. The molecule has 0 aliphatic carbocycles. The van der Waals surface area contributed by atoms with Gasteiger partial charge >= 0.3 is 17.9 Å². The van der Waals surface area contributed by atoms with Crippen molar-refractivity contribution >= 4 is 17.9 Å². The number of esters is 2. The van der Waals surface area contributed by atoms with Gasteiger partial charge in [-0.05, 0) is 12.8 Å². The van der Waals surface area contributed by atoms with E-state index in [1.807, 2.05) is 21.1 Å². The lowest BCUT2D eigenvalue weighted by Crippen LogP contribution is -2.40. The van der Waals surface area contributed by atoms with E-state index in [2.05, 4.69) is 13.8 Å². The number of carbonyl (C=O) groups is 3. The van der Waals surface area contributed by atoms with E-state index in [9.17, 15) is 19.5 Å². The lowest BCUT2D eigenvalue weighted by atomic mass is 10.0. The van der Waals surface area contributed by atoms with Crippen LogP contribution < -0.4 is 0 Å². The molecule has 0 saturated heterocycles. The summed E-state index contributed by atoms with van der Waals surface area (Å²) in [7, 11) is 5.96. The standard InChI is InChI=1S/C43H83NO8/c1-6-8-10-12-14-16-18-20-21-22-24-26-28-30-32-34-41(46)52-39(38-51-43(42(47)48)49-36-35-44(3,4)5)37-50-40(45)33-31-29-27-25-23-19-17-15-13-11-9-7-2/h39,43H,6-38H2,1-5H3/p+1. The number of hydrogen-bond donors (Lipinski definition) is 1. The first-order valence-electron chi connectivity index (χ1n) is 21.7. The Morgan fingerprint density at radius 3 is 1.23 bits per heavy atom. The van der Waals surface area contributed by atoms with Gasteiger partial charge < -0.3 is 28.5 Å². The van der Waals surface area contributed by atoms with Crippen LogP contribution in [0.25, 0.3) is 0 Å². The molecule has 0 aromatic carbocycles. The van der Waals surface area contributed by atoms with Gasteiger partial charge in [-0.15, -0.1) is 0 Å². The zero-order valence-electron chi connectivity index (χ0n) is 34.7. The van der Waals surface area contributed by atoms with E-state index >= 15 is 0 Å². The van der Waals surface area contributed by atoms with E-state index in [-0.39, 0.29) is 32.2 Å². The maximum atomic E-state index is 12.7. The predicted octanol–water partition coefficient (Wildman–Crippen LogP) is 10.9.